The number of hydrogen-bond donors (Lipinski definition) is 13. The number of imide groups is 4. The molecule has 0 bridgehead atoms. The zero-order valence-electron chi connectivity index (χ0n) is 73.5. The molecule has 8 aliphatic heterocycles. The standard InChI is InChI=1S/C27H21F2N5O4.C27H24N4O6.C23H17ClN4O5.C22H17FN6O3/c1-33-22-9-5-16(10-18(22)12-30-33)15-2-6-19(7-3-15)27(24(36)31-26(37)32-27)14-34-13-17-4-8-20(38-25(28)29)11-21(17)23(34)35;32-22-9-18(11-28-23(22)33)16-3-6-19(7-4-16)27(25(35)29-26(36)30-27)14-31-12-17-5-8-20(10-21(17)24(31)34)37-13-15-1-2-15;24-18-7-14(9-25-19(18)30)12-1-4-15(5-2-12)23(21(32)26-22(33)27-23)11-28-10-13-3-6-16(29)8-17(13)20(28)31;23-16-6-3-13-10-29(18(30)17(13)7-16)11-22(19(31)27-21(32)28-22)15-4-1-12(2-5-15)14-8-25-20(24)26-9-14/h2-12,25H,13-14H2,1H3,(H2,31,32,36,37);3-11,15,32H,1-2,12-14H2,(H,28,33)(H2,29,30,35,36);1-9,29H,10-11H2,(H,25,30)(H2,26,27,32,33);1-9H,10-11H2,(H2,24,25,26)(H2,27,28,31,32)/t2*27-;23-;22-/m0000/s1. The van der Waals surface area contributed by atoms with Crippen molar-refractivity contribution in [3.05, 3.63) is 329 Å². The third-order valence-electron chi connectivity index (χ3n) is 25.7. The van der Waals surface area contributed by atoms with Gasteiger partial charge >= 0.3 is 30.7 Å². The number of hydrogen-bond acceptors (Lipinski definition) is 22. The number of carbonyl (C=O) groups is 12. The van der Waals surface area contributed by atoms with Crippen molar-refractivity contribution in [1.29, 1.82) is 0 Å². The highest BCUT2D eigenvalue weighted by Gasteiger charge is 2.55. The maximum atomic E-state index is 13.6. The predicted octanol–water partition coefficient (Wildman–Crippen LogP) is 9.41. The van der Waals surface area contributed by atoms with Crippen molar-refractivity contribution >= 4 is 99.8 Å². The van der Waals surface area contributed by atoms with Gasteiger partial charge < -0.3 is 76.3 Å². The summed E-state index contributed by atoms with van der Waals surface area (Å²) in [5, 5.41) is 44.7. The van der Waals surface area contributed by atoms with E-state index in [0.29, 0.717) is 86.0 Å². The van der Waals surface area contributed by atoms with E-state index in [1.165, 1.54) is 88.5 Å². The van der Waals surface area contributed by atoms with Crippen molar-refractivity contribution in [2.75, 3.05) is 38.5 Å². The highest BCUT2D eigenvalue weighted by atomic mass is 35.5. The van der Waals surface area contributed by atoms with Crippen molar-refractivity contribution in [3.8, 4) is 67.5 Å². The van der Waals surface area contributed by atoms with Gasteiger partial charge in [0.2, 0.25) is 5.95 Å². The number of aryl methyl sites for hydroxylation is 1. The molecule has 140 heavy (non-hydrogen) atoms. The van der Waals surface area contributed by atoms with E-state index in [0.717, 1.165) is 49.8 Å². The number of urea groups is 4. The van der Waals surface area contributed by atoms with E-state index in [-0.39, 0.29) is 91.2 Å². The van der Waals surface area contributed by atoms with Crippen LogP contribution in [0.3, 0.4) is 0 Å². The highest BCUT2D eigenvalue weighted by molar-refractivity contribution is 6.30. The number of pyridine rings is 2. The van der Waals surface area contributed by atoms with Gasteiger partial charge in [-0.2, -0.15) is 13.9 Å². The number of halogens is 4. The number of nitrogens with zero attached hydrogens (tertiary/aromatic N) is 8. The first kappa shape index (κ1) is 91.3. The summed E-state index contributed by atoms with van der Waals surface area (Å²) in [5.41, 5.74) is 11.7. The van der Waals surface area contributed by atoms with Crippen LogP contribution in [-0.4, -0.2) is 170 Å². The molecule has 13 aromatic rings. The van der Waals surface area contributed by atoms with Gasteiger partial charge in [-0.3, -0.25) is 73.9 Å². The van der Waals surface area contributed by atoms with Crippen LogP contribution in [0.15, 0.2) is 241 Å². The molecule has 41 heteroatoms. The van der Waals surface area contributed by atoms with Crippen LogP contribution >= 0.6 is 11.6 Å². The van der Waals surface area contributed by atoms with Crippen LogP contribution in [0.2, 0.25) is 5.02 Å². The topological polar surface area (TPSA) is 508 Å². The molecule has 706 valence electrons. The molecule has 4 atom stereocenters. The quantitative estimate of drug-likeness (QED) is 0.0298. The number of carbonyl (C=O) groups excluding carboxylic acids is 12. The largest absolute Gasteiger partial charge is 0.508 e. The van der Waals surface area contributed by atoms with Crippen LogP contribution in [0, 0.1) is 11.7 Å². The predicted molar refractivity (Wildman–Crippen MR) is 494 cm³/mol. The fourth-order valence-electron chi connectivity index (χ4n) is 18.3. The number of aromatic nitrogens is 6. The summed E-state index contributed by atoms with van der Waals surface area (Å²) in [6.07, 6.45) is 10.3. The first-order valence-corrected chi connectivity index (χ1v) is 43.9. The number of benzene rings is 9. The number of nitrogen functional groups attached to an aromatic ring is 1. The number of aromatic amines is 2. The number of nitrogens with two attached hydrogens (primary N) is 1. The van der Waals surface area contributed by atoms with Gasteiger partial charge in [-0.1, -0.05) is 139 Å². The van der Waals surface area contributed by atoms with Crippen LogP contribution < -0.4 is 68.9 Å². The lowest BCUT2D eigenvalue weighted by Crippen LogP contribution is -2.52. The summed E-state index contributed by atoms with van der Waals surface area (Å²) >= 11 is 5.92. The SMILES string of the molecule is Cn1ncc2cc(-c3ccc([C@]4(CN5Cc6ccc(OC(F)F)cc6C5=O)NC(=O)NC4=O)cc3)ccc21.Nc1ncc(-c2ccc([C@]3(CN4Cc5ccc(F)cc5C4=O)NC(=O)NC3=O)cc2)cn1.O=C1NC(=O)[C@](CN2Cc3ccc(O)cc3C2=O)(c2ccc(-c3c[nH]c(=O)c(Cl)c3)cc2)N1.O=C1NC(=O)[C@](CN2Cc3ccc(OCC4CC4)cc3C2=O)(c2ccc(-c3c[nH]c(=O)c(O)c3)cc2)N1. The Morgan fingerprint density at radius 3 is 1.22 bits per heavy atom. The Balaban J connectivity index is 0.000000119. The fourth-order valence-corrected chi connectivity index (χ4v) is 18.4. The smallest absolute Gasteiger partial charge is 0.387 e. The third kappa shape index (κ3) is 17.5. The molecule has 4 saturated heterocycles. The summed E-state index contributed by atoms with van der Waals surface area (Å²) in [6.45, 7) is -1.88. The lowest BCUT2D eigenvalue weighted by Gasteiger charge is -2.31. The second-order valence-corrected chi connectivity index (χ2v) is 35.1. The lowest BCUT2D eigenvalue weighted by molar-refractivity contribution is -0.125. The molecule has 0 spiro atoms. The van der Waals surface area contributed by atoms with E-state index >= 15 is 0 Å². The van der Waals surface area contributed by atoms with E-state index in [9.17, 15) is 90.5 Å². The van der Waals surface area contributed by atoms with E-state index in [2.05, 4.69) is 72.3 Å². The molecule has 22 rings (SSSR count). The Labute approximate surface area is 794 Å². The van der Waals surface area contributed by atoms with Crippen LogP contribution in [-0.2, 0) is 74.6 Å². The highest BCUT2D eigenvalue weighted by Crippen LogP contribution is 2.42. The van der Waals surface area contributed by atoms with Crippen molar-refractivity contribution in [2.45, 2.75) is 67.8 Å². The monoisotopic (exact) mass is 1910 g/mol. The second kappa shape index (κ2) is 36.1. The van der Waals surface area contributed by atoms with Gasteiger partial charge in [0.15, 0.2) is 27.9 Å². The molecule has 16 amide bonds. The van der Waals surface area contributed by atoms with E-state index in [1.54, 1.807) is 137 Å². The second-order valence-electron chi connectivity index (χ2n) is 34.7. The number of anilines is 1. The number of fused-ring (bicyclic) bond motifs is 5. The van der Waals surface area contributed by atoms with Crippen molar-refractivity contribution in [3.63, 3.8) is 0 Å². The number of alkyl halides is 2. The number of rotatable bonds is 21. The molecule has 37 nitrogen and oxygen atoms in total. The number of phenolic OH excluding ortho intramolecular Hbond substituents is 1. The average molecular weight is 1920 g/mol. The van der Waals surface area contributed by atoms with Crippen molar-refractivity contribution in [1.82, 2.24) is 91.9 Å². The minimum absolute atomic E-state index is 0.0245. The molecule has 0 radical (unpaired) electrons. The van der Waals surface area contributed by atoms with E-state index in [1.807, 2.05) is 49.5 Å². The number of nitrogens with one attached hydrogen (secondary N) is 10. The third-order valence-corrected chi connectivity index (χ3v) is 26.0. The number of H-pyrrole nitrogens is 2. The minimum atomic E-state index is -3.02. The molecule has 14 N–H and O–H groups in total. The van der Waals surface area contributed by atoms with E-state index in [4.69, 9.17) is 22.1 Å². The summed E-state index contributed by atoms with van der Waals surface area (Å²) in [7, 11) is 1.87. The molecule has 9 aromatic carbocycles. The molecule has 4 aromatic heterocycles. The fraction of sp³-hybridized carbons (Fsp3) is 0.182. The normalized spacial score (nSPS) is 19.6. The average Bonchev–Trinajstić information content (AvgIpc) is 1.60. The van der Waals surface area contributed by atoms with Gasteiger partial charge in [0.25, 0.3) is 58.4 Å². The minimum Gasteiger partial charge on any atom is -0.508 e. The molecular formula is C99H79ClF3N19O18. The Morgan fingerprint density at radius 1 is 0.429 bits per heavy atom. The summed E-state index contributed by atoms with van der Waals surface area (Å²) in [6, 6.07) is 52.2. The van der Waals surface area contributed by atoms with Crippen LogP contribution in [0.1, 0.15) is 98.8 Å². The summed E-state index contributed by atoms with van der Waals surface area (Å²) in [5.74, 6) is -3.38. The van der Waals surface area contributed by atoms with Gasteiger partial charge in [0.05, 0.1) is 44.5 Å². The van der Waals surface area contributed by atoms with Gasteiger partial charge in [0, 0.05) is 96.8 Å². The molecule has 5 fully saturated rings. The Hall–Kier alpha value is -17.9. The first-order valence-electron chi connectivity index (χ1n) is 43.6. The van der Waals surface area contributed by atoms with E-state index < -0.39 is 111 Å². The molecule has 1 saturated carbocycles. The zero-order chi connectivity index (χ0) is 98.1. The molecule has 12 heterocycles. The maximum Gasteiger partial charge on any atom is 0.387 e. The van der Waals surface area contributed by atoms with Gasteiger partial charge in [-0.25, -0.2) is 33.5 Å². The summed E-state index contributed by atoms with van der Waals surface area (Å²) < 4.78 is 50.9. The Morgan fingerprint density at radius 2 is 0.807 bits per heavy atom. The number of ether oxygens (including phenoxy) is 2. The Bertz CT molecular complexity index is 7520. The molecule has 0 unspecified atom stereocenters. The number of aromatic hydroxyl groups is 2. The number of phenols is 1. The Kier molecular flexibility index (Phi) is 23.5. The van der Waals surface area contributed by atoms with Gasteiger partial charge in [-0.05, 0) is 169 Å². The molecular weight excluding hydrogens is 1840 g/mol. The summed E-state index contributed by atoms with van der Waals surface area (Å²) in [4.78, 5) is 195. The number of amides is 16. The van der Waals surface area contributed by atoms with Gasteiger partial charge in [0.1, 0.15) is 28.1 Å². The zero-order valence-corrected chi connectivity index (χ0v) is 74.2. The lowest BCUT2D eigenvalue weighted by atomic mass is 9.88. The molecule has 1 aliphatic carbocycles. The van der Waals surface area contributed by atoms with Crippen LogP contribution in [0.25, 0.3) is 55.4 Å². The maximum absolute atomic E-state index is 13.6. The first-order chi connectivity index (χ1) is 67.2. The van der Waals surface area contributed by atoms with Gasteiger partial charge in [-0.15, -0.1) is 0 Å². The van der Waals surface area contributed by atoms with Crippen LogP contribution in [0.5, 0.6) is 23.0 Å². The van der Waals surface area contributed by atoms with Crippen molar-refractivity contribution < 1.29 is 90.4 Å². The molecule has 9 aliphatic rings. The van der Waals surface area contributed by atoms with Crippen molar-refractivity contribution in [2.24, 2.45) is 13.0 Å². The van der Waals surface area contributed by atoms with Crippen LogP contribution in [0.4, 0.5) is 38.3 Å².